The zero-order chi connectivity index (χ0) is 17.7. The molecule has 0 unspecified atom stereocenters. The molecule has 0 saturated heterocycles. The number of halogens is 2. The van der Waals surface area contributed by atoms with E-state index in [4.69, 9.17) is 28.5 Å². The van der Waals surface area contributed by atoms with Crippen molar-refractivity contribution < 1.29 is 9.72 Å². The summed E-state index contributed by atoms with van der Waals surface area (Å²) in [6, 6.07) is 12.1. The Morgan fingerprint density at radius 2 is 2.00 bits per heavy atom. The number of benzene rings is 2. The van der Waals surface area contributed by atoms with Crippen LogP contribution >= 0.6 is 23.2 Å². The van der Waals surface area contributed by atoms with Gasteiger partial charge in [-0.3, -0.25) is 14.9 Å². The lowest BCUT2D eigenvalue weighted by Crippen LogP contribution is -2.13. The van der Waals surface area contributed by atoms with Crippen LogP contribution in [-0.4, -0.2) is 10.8 Å². The maximum atomic E-state index is 12.2. The van der Waals surface area contributed by atoms with Crippen molar-refractivity contribution >= 4 is 46.6 Å². The van der Waals surface area contributed by atoms with Crippen LogP contribution in [0, 0.1) is 21.4 Å². The molecule has 0 bridgehead atoms. The van der Waals surface area contributed by atoms with Crippen LogP contribution in [0.2, 0.25) is 10.0 Å². The molecule has 8 heteroatoms. The third-order valence-corrected chi connectivity index (χ3v) is 3.48. The summed E-state index contributed by atoms with van der Waals surface area (Å²) in [7, 11) is 0. The number of carbonyl (C=O) groups is 1. The number of nitrogens with zero attached hydrogens (tertiary/aromatic N) is 2. The zero-order valence-corrected chi connectivity index (χ0v) is 13.5. The van der Waals surface area contributed by atoms with Crippen molar-refractivity contribution in [2.45, 2.75) is 0 Å². The number of anilines is 1. The Morgan fingerprint density at radius 3 is 2.58 bits per heavy atom. The summed E-state index contributed by atoms with van der Waals surface area (Å²) in [5.74, 6) is -0.687. The van der Waals surface area contributed by atoms with Crippen molar-refractivity contribution in [1.29, 1.82) is 5.26 Å². The topological polar surface area (TPSA) is 96.0 Å². The number of carbonyl (C=O) groups excluding carboxylic acids is 1. The Labute approximate surface area is 147 Å². The molecule has 0 radical (unpaired) electrons. The van der Waals surface area contributed by atoms with E-state index >= 15 is 0 Å². The first kappa shape index (κ1) is 17.5. The molecule has 120 valence electrons. The number of non-ortho nitro benzene ring substituents is 1. The molecule has 2 rings (SSSR count). The van der Waals surface area contributed by atoms with Gasteiger partial charge in [0.1, 0.15) is 11.6 Å². The summed E-state index contributed by atoms with van der Waals surface area (Å²) in [5, 5.41) is 22.7. The normalized spacial score (nSPS) is 10.8. The molecule has 6 nitrogen and oxygen atoms in total. The number of nitro benzene ring substituents is 1. The van der Waals surface area contributed by atoms with Gasteiger partial charge in [-0.15, -0.1) is 0 Å². The van der Waals surface area contributed by atoms with Crippen LogP contribution in [0.15, 0.2) is 48.0 Å². The zero-order valence-electron chi connectivity index (χ0n) is 12.0. The lowest BCUT2D eigenvalue weighted by atomic mass is 10.1. The third kappa shape index (κ3) is 4.32. The van der Waals surface area contributed by atoms with Gasteiger partial charge in [0.05, 0.1) is 15.6 Å². The maximum absolute atomic E-state index is 12.2. The third-order valence-electron chi connectivity index (χ3n) is 2.94. The van der Waals surface area contributed by atoms with Gasteiger partial charge in [-0.05, 0) is 29.8 Å². The molecule has 0 fully saturated rings. The van der Waals surface area contributed by atoms with E-state index < -0.39 is 10.8 Å². The summed E-state index contributed by atoms with van der Waals surface area (Å²) in [6.45, 7) is 0. The molecular weight excluding hydrogens is 353 g/mol. The molecule has 0 aliphatic carbocycles. The second-order valence-corrected chi connectivity index (χ2v) is 5.44. The fraction of sp³-hybridized carbons (Fsp3) is 0. The minimum atomic E-state index is -0.687. The highest BCUT2D eigenvalue weighted by Crippen LogP contribution is 2.27. The van der Waals surface area contributed by atoms with Crippen LogP contribution in [0.5, 0.6) is 0 Å². The minimum absolute atomic E-state index is 0.00223. The first-order valence-electron chi connectivity index (χ1n) is 6.53. The Morgan fingerprint density at radius 1 is 1.25 bits per heavy atom. The maximum Gasteiger partial charge on any atom is 0.271 e. The number of rotatable bonds is 4. The van der Waals surface area contributed by atoms with Crippen molar-refractivity contribution in [2.75, 3.05) is 5.32 Å². The van der Waals surface area contributed by atoms with Crippen LogP contribution in [-0.2, 0) is 4.79 Å². The second kappa shape index (κ2) is 7.59. The largest absolute Gasteiger partial charge is 0.320 e. The molecule has 0 heterocycles. The fourth-order valence-corrected chi connectivity index (χ4v) is 2.24. The lowest BCUT2D eigenvalue weighted by Gasteiger charge is -2.06. The van der Waals surface area contributed by atoms with Crippen LogP contribution in [0.4, 0.5) is 11.4 Å². The highest BCUT2D eigenvalue weighted by atomic mass is 35.5. The van der Waals surface area contributed by atoms with Gasteiger partial charge >= 0.3 is 0 Å². The summed E-state index contributed by atoms with van der Waals surface area (Å²) in [4.78, 5) is 22.2. The predicted octanol–water partition coefficient (Wildman–Crippen LogP) is 4.45. The van der Waals surface area contributed by atoms with Gasteiger partial charge in [0.25, 0.3) is 11.6 Å². The van der Waals surface area contributed by atoms with Crippen molar-refractivity contribution in [3.63, 3.8) is 0 Å². The quantitative estimate of drug-likeness (QED) is 0.376. The molecule has 0 aromatic heterocycles. The lowest BCUT2D eigenvalue weighted by molar-refractivity contribution is -0.384. The number of amides is 1. The number of hydrogen-bond donors (Lipinski definition) is 1. The highest BCUT2D eigenvalue weighted by molar-refractivity contribution is 6.34. The summed E-state index contributed by atoms with van der Waals surface area (Å²) in [6.07, 6.45) is 1.38. The molecular formula is C16H9Cl2N3O3. The van der Waals surface area contributed by atoms with Crippen LogP contribution in [0.3, 0.4) is 0 Å². The van der Waals surface area contributed by atoms with E-state index in [0.29, 0.717) is 10.6 Å². The summed E-state index contributed by atoms with van der Waals surface area (Å²) in [5.41, 5.74) is 0.392. The van der Waals surface area contributed by atoms with Gasteiger partial charge < -0.3 is 5.32 Å². The van der Waals surface area contributed by atoms with Gasteiger partial charge in [0.2, 0.25) is 0 Å². The van der Waals surface area contributed by atoms with Gasteiger partial charge in [0.15, 0.2) is 0 Å². The molecule has 1 N–H and O–H groups in total. The van der Waals surface area contributed by atoms with Gasteiger partial charge in [-0.1, -0.05) is 35.3 Å². The SMILES string of the molecule is N#CC(=Cc1cccc(Cl)c1)C(=O)Nc1ccc([N+](=O)[O-])cc1Cl. The summed E-state index contributed by atoms with van der Waals surface area (Å²) >= 11 is 11.8. The average molecular weight is 362 g/mol. The molecule has 0 saturated carbocycles. The van der Waals surface area contributed by atoms with Crippen molar-refractivity contribution in [2.24, 2.45) is 0 Å². The van der Waals surface area contributed by atoms with Gasteiger partial charge in [-0.25, -0.2) is 0 Å². The molecule has 1 amide bonds. The van der Waals surface area contributed by atoms with Crippen LogP contribution in [0.1, 0.15) is 5.56 Å². The van der Waals surface area contributed by atoms with Crippen molar-refractivity contribution in [3.05, 3.63) is 73.8 Å². The molecule has 24 heavy (non-hydrogen) atoms. The first-order chi connectivity index (χ1) is 11.4. The van der Waals surface area contributed by atoms with Crippen molar-refractivity contribution in [3.8, 4) is 6.07 Å². The van der Waals surface area contributed by atoms with Gasteiger partial charge in [-0.2, -0.15) is 5.26 Å². The summed E-state index contributed by atoms with van der Waals surface area (Å²) < 4.78 is 0. The Kier molecular flexibility index (Phi) is 5.53. The fourth-order valence-electron chi connectivity index (χ4n) is 1.82. The Bertz CT molecular complexity index is 888. The molecule has 0 spiro atoms. The minimum Gasteiger partial charge on any atom is -0.320 e. The number of hydrogen-bond acceptors (Lipinski definition) is 4. The Balaban J connectivity index is 2.24. The van der Waals surface area contributed by atoms with E-state index in [-0.39, 0.29) is 22.0 Å². The molecule has 0 aliphatic rings. The van der Waals surface area contributed by atoms with Crippen molar-refractivity contribution in [1.82, 2.24) is 0 Å². The average Bonchev–Trinajstić information content (AvgIpc) is 2.54. The predicted molar refractivity (Wildman–Crippen MR) is 91.8 cm³/mol. The number of nitriles is 1. The molecule has 2 aromatic rings. The monoisotopic (exact) mass is 361 g/mol. The number of nitrogens with one attached hydrogen (secondary N) is 1. The molecule has 0 aliphatic heterocycles. The standard InChI is InChI=1S/C16H9Cl2N3O3/c17-12-3-1-2-10(7-12)6-11(9-19)16(22)20-15-5-4-13(21(23)24)8-14(15)18/h1-8H,(H,20,22). The van der Waals surface area contributed by atoms with Gasteiger partial charge in [0, 0.05) is 17.2 Å². The van der Waals surface area contributed by atoms with E-state index in [1.807, 2.05) is 0 Å². The molecule has 0 atom stereocenters. The van der Waals surface area contributed by atoms with E-state index in [2.05, 4.69) is 5.32 Å². The van der Waals surface area contributed by atoms with Crippen LogP contribution < -0.4 is 5.32 Å². The van der Waals surface area contributed by atoms with E-state index in [0.717, 1.165) is 6.07 Å². The second-order valence-electron chi connectivity index (χ2n) is 4.60. The van der Waals surface area contributed by atoms with E-state index in [9.17, 15) is 14.9 Å². The van der Waals surface area contributed by atoms with Crippen LogP contribution in [0.25, 0.3) is 6.08 Å². The highest BCUT2D eigenvalue weighted by Gasteiger charge is 2.14. The Hall–Kier alpha value is -2.88. The first-order valence-corrected chi connectivity index (χ1v) is 7.29. The van der Waals surface area contributed by atoms with E-state index in [1.54, 1.807) is 30.3 Å². The smallest absolute Gasteiger partial charge is 0.271 e. The molecule has 2 aromatic carbocycles. The van der Waals surface area contributed by atoms with E-state index in [1.165, 1.54) is 18.2 Å². The number of nitro groups is 1.